The van der Waals surface area contributed by atoms with Gasteiger partial charge in [0.15, 0.2) is 0 Å². The van der Waals surface area contributed by atoms with Gasteiger partial charge >= 0.3 is 5.97 Å². The molecule has 2 fully saturated rings. The molecular formula is C16H19ClN2O4. The van der Waals surface area contributed by atoms with Crippen LogP contribution in [0.5, 0.6) is 0 Å². The summed E-state index contributed by atoms with van der Waals surface area (Å²) in [6.07, 6.45) is 0.176. The zero-order chi connectivity index (χ0) is 16.4. The van der Waals surface area contributed by atoms with E-state index in [-0.39, 0.29) is 18.3 Å². The molecule has 0 saturated carbocycles. The summed E-state index contributed by atoms with van der Waals surface area (Å²) in [5.41, 5.74) is 1.65. The number of carbonyl (C=O) groups excluding carboxylic acids is 2. The Morgan fingerprint density at radius 2 is 2.09 bits per heavy atom. The van der Waals surface area contributed by atoms with E-state index in [1.54, 1.807) is 11.0 Å². The Balaban J connectivity index is 1.77. The van der Waals surface area contributed by atoms with E-state index in [1.165, 1.54) is 7.11 Å². The molecule has 0 N–H and O–H groups in total. The van der Waals surface area contributed by atoms with Crippen molar-refractivity contribution in [3.05, 3.63) is 23.2 Å². The topological polar surface area (TPSA) is 59.1 Å². The van der Waals surface area contributed by atoms with Gasteiger partial charge < -0.3 is 19.3 Å². The van der Waals surface area contributed by atoms with Gasteiger partial charge in [0.2, 0.25) is 5.91 Å². The van der Waals surface area contributed by atoms with Crippen LogP contribution in [0.2, 0.25) is 5.02 Å². The summed E-state index contributed by atoms with van der Waals surface area (Å²) in [7, 11) is 1.34. The minimum Gasteiger partial charge on any atom is -0.469 e. The van der Waals surface area contributed by atoms with Gasteiger partial charge in [-0.15, -0.1) is 0 Å². The maximum absolute atomic E-state index is 12.2. The summed E-state index contributed by atoms with van der Waals surface area (Å²) >= 11 is 6.40. The van der Waals surface area contributed by atoms with Crippen molar-refractivity contribution in [1.82, 2.24) is 0 Å². The van der Waals surface area contributed by atoms with Crippen LogP contribution >= 0.6 is 11.6 Å². The van der Waals surface area contributed by atoms with Gasteiger partial charge in [0.05, 0.1) is 37.0 Å². The molecule has 124 valence electrons. The first-order chi connectivity index (χ1) is 11.1. The number of rotatable bonds is 3. The standard InChI is InChI=1S/C16H19ClN2O4/c1-22-16(21)11-8-15(20)19(10-11)12-2-3-14(13(17)9-12)18-4-6-23-7-5-18/h2-3,9,11H,4-8,10H2,1H3. The molecule has 2 aliphatic heterocycles. The third-order valence-corrected chi connectivity index (χ3v) is 4.56. The predicted molar refractivity (Wildman–Crippen MR) is 87.0 cm³/mol. The lowest BCUT2D eigenvalue weighted by molar-refractivity contribution is -0.145. The second kappa shape index (κ2) is 6.76. The Morgan fingerprint density at radius 1 is 1.35 bits per heavy atom. The van der Waals surface area contributed by atoms with Crippen molar-refractivity contribution in [2.24, 2.45) is 5.92 Å². The number of anilines is 2. The fourth-order valence-electron chi connectivity index (χ4n) is 3.01. The lowest BCUT2D eigenvalue weighted by Gasteiger charge is -2.30. The largest absolute Gasteiger partial charge is 0.469 e. The monoisotopic (exact) mass is 338 g/mol. The highest BCUT2D eigenvalue weighted by Crippen LogP contribution is 2.33. The third-order valence-electron chi connectivity index (χ3n) is 4.25. The van der Waals surface area contributed by atoms with Crippen molar-refractivity contribution in [2.75, 3.05) is 49.8 Å². The van der Waals surface area contributed by atoms with Crippen LogP contribution < -0.4 is 9.80 Å². The summed E-state index contributed by atoms with van der Waals surface area (Å²) in [4.78, 5) is 27.5. The van der Waals surface area contributed by atoms with E-state index in [0.717, 1.165) is 18.8 Å². The van der Waals surface area contributed by atoms with Crippen LogP contribution in [0.15, 0.2) is 18.2 Å². The fraction of sp³-hybridized carbons (Fsp3) is 0.500. The predicted octanol–water partition coefficient (Wildman–Crippen LogP) is 1.70. The average molecular weight is 339 g/mol. The number of amides is 1. The maximum atomic E-state index is 12.2. The van der Waals surface area contributed by atoms with Gasteiger partial charge in [-0.2, -0.15) is 0 Å². The molecule has 1 unspecified atom stereocenters. The van der Waals surface area contributed by atoms with Crippen molar-refractivity contribution in [3.8, 4) is 0 Å². The molecule has 23 heavy (non-hydrogen) atoms. The van der Waals surface area contributed by atoms with Crippen LogP contribution in [0.25, 0.3) is 0 Å². The van der Waals surface area contributed by atoms with E-state index in [0.29, 0.717) is 30.5 Å². The highest BCUT2D eigenvalue weighted by Gasteiger charge is 2.36. The molecule has 2 aliphatic rings. The van der Waals surface area contributed by atoms with Gasteiger partial charge in [-0.25, -0.2) is 0 Å². The van der Waals surface area contributed by atoms with Crippen LogP contribution in [0.3, 0.4) is 0 Å². The van der Waals surface area contributed by atoms with Gasteiger partial charge in [-0.3, -0.25) is 9.59 Å². The van der Waals surface area contributed by atoms with Crippen LogP contribution in [0, 0.1) is 5.92 Å². The smallest absolute Gasteiger partial charge is 0.311 e. The Hall–Kier alpha value is -1.79. The number of ether oxygens (including phenoxy) is 2. The lowest BCUT2D eigenvalue weighted by atomic mass is 10.1. The zero-order valence-corrected chi connectivity index (χ0v) is 13.7. The molecule has 0 radical (unpaired) electrons. The summed E-state index contributed by atoms with van der Waals surface area (Å²) in [6.45, 7) is 3.30. The first kappa shape index (κ1) is 16.1. The minimum absolute atomic E-state index is 0.0874. The van der Waals surface area contributed by atoms with Gasteiger partial charge in [0.1, 0.15) is 0 Å². The molecule has 1 aromatic rings. The van der Waals surface area contributed by atoms with Gasteiger partial charge in [-0.05, 0) is 18.2 Å². The molecule has 2 saturated heterocycles. The number of morpholine rings is 1. The summed E-state index contributed by atoms with van der Waals surface area (Å²) in [5, 5.41) is 0.596. The molecule has 1 aromatic carbocycles. The summed E-state index contributed by atoms with van der Waals surface area (Å²) < 4.78 is 10.1. The number of esters is 1. The zero-order valence-electron chi connectivity index (χ0n) is 13.0. The molecule has 0 aromatic heterocycles. The highest BCUT2D eigenvalue weighted by atomic mass is 35.5. The van der Waals surface area contributed by atoms with E-state index >= 15 is 0 Å². The Kier molecular flexibility index (Phi) is 4.73. The highest BCUT2D eigenvalue weighted by molar-refractivity contribution is 6.33. The van der Waals surface area contributed by atoms with Crippen LogP contribution in [0.4, 0.5) is 11.4 Å². The molecule has 0 aliphatic carbocycles. The van der Waals surface area contributed by atoms with Gasteiger partial charge in [-0.1, -0.05) is 11.6 Å². The number of hydrogen-bond donors (Lipinski definition) is 0. The second-order valence-electron chi connectivity index (χ2n) is 5.66. The molecule has 7 heteroatoms. The molecule has 3 rings (SSSR count). The number of methoxy groups -OCH3 is 1. The lowest BCUT2D eigenvalue weighted by Crippen LogP contribution is -2.36. The molecule has 0 spiro atoms. The SMILES string of the molecule is COC(=O)C1CC(=O)N(c2ccc(N3CCOCC3)c(Cl)c2)C1. The van der Waals surface area contributed by atoms with Crippen LogP contribution in [-0.2, 0) is 19.1 Å². The first-order valence-electron chi connectivity index (χ1n) is 7.60. The number of hydrogen-bond acceptors (Lipinski definition) is 5. The van der Waals surface area contributed by atoms with E-state index in [1.807, 2.05) is 12.1 Å². The van der Waals surface area contributed by atoms with Crippen molar-refractivity contribution in [3.63, 3.8) is 0 Å². The summed E-state index contributed by atoms with van der Waals surface area (Å²) in [5.74, 6) is -0.849. The van der Waals surface area contributed by atoms with Gasteiger partial charge in [0.25, 0.3) is 0 Å². The Bertz CT molecular complexity index is 616. The Morgan fingerprint density at radius 3 is 2.74 bits per heavy atom. The number of carbonyl (C=O) groups is 2. The Labute approximate surface area is 139 Å². The second-order valence-corrected chi connectivity index (χ2v) is 6.07. The number of halogens is 1. The van der Waals surface area contributed by atoms with Crippen molar-refractivity contribution in [1.29, 1.82) is 0 Å². The van der Waals surface area contributed by atoms with Crippen molar-refractivity contribution < 1.29 is 19.1 Å². The van der Waals surface area contributed by atoms with E-state index in [4.69, 9.17) is 21.1 Å². The maximum Gasteiger partial charge on any atom is 0.311 e. The van der Waals surface area contributed by atoms with Crippen LogP contribution in [-0.4, -0.2) is 51.8 Å². The van der Waals surface area contributed by atoms with E-state index in [2.05, 4.69) is 4.90 Å². The third kappa shape index (κ3) is 3.28. The van der Waals surface area contributed by atoms with E-state index in [9.17, 15) is 9.59 Å². The van der Waals surface area contributed by atoms with Crippen LogP contribution in [0.1, 0.15) is 6.42 Å². The minimum atomic E-state index is -0.412. The molecular weight excluding hydrogens is 320 g/mol. The fourth-order valence-corrected chi connectivity index (χ4v) is 3.30. The van der Waals surface area contributed by atoms with E-state index < -0.39 is 5.92 Å². The molecule has 1 amide bonds. The number of nitrogens with zero attached hydrogens (tertiary/aromatic N) is 2. The molecule has 1 atom stereocenters. The quantitative estimate of drug-likeness (QED) is 0.785. The normalized spacial score (nSPS) is 21.7. The summed E-state index contributed by atoms with van der Waals surface area (Å²) in [6, 6.07) is 5.57. The van der Waals surface area contributed by atoms with Gasteiger partial charge in [0, 0.05) is 31.7 Å². The average Bonchev–Trinajstić information content (AvgIpc) is 2.96. The molecule has 6 nitrogen and oxygen atoms in total. The first-order valence-corrected chi connectivity index (χ1v) is 7.98. The van der Waals surface area contributed by atoms with Crippen molar-refractivity contribution in [2.45, 2.75) is 6.42 Å². The molecule has 2 heterocycles. The molecule has 0 bridgehead atoms. The number of benzene rings is 1. The van der Waals surface area contributed by atoms with Crippen molar-refractivity contribution >= 4 is 34.9 Å².